The van der Waals surface area contributed by atoms with E-state index in [1.54, 1.807) is 4.90 Å². The van der Waals surface area contributed by atoms with E-state index in [1.807, 2.05) is 27.7 Å². The monoisotopic (exact) mass is 245 g/mol. The van der Waals surface area contributed by atoms with E-state index in [-0.39, 0.29) is 25.0 Å². The van der Waals surface area contributed by atoms with Gasteiger partial charge in [-0.05, 0) is 33.7 Å². The van der Waals surface area contributed by atoms with Crippen LogP contribution >= 0.6 is 0 Å². The molecule has 0 unspecified atom stereocenters. The first-order valence-corrected chi connectivity index (χ1v) is 5.79. The lowest BCUT2D eigenvalue weighted by molar-refractivity contribution is -0.156. The van der Waals surface area contributed by atoms with Crippen molar-refractivity contribution < 1.29 is 19.1 Å². The van der Waals surface area contributed by atoms with Crippen LogP contribution in [0.4, 0.5) is 0 Å². The Labute approximate surface area is 103 Å². The Morgan fingerprint density at radius 3 is 2.06 bits per heavy atom. The molecule has 0 amide bonds. The van der Waals surface area contributed by atoms with Gasteiger partial charge < -0.3 is 9.47 Å². The molecule has 0 saturated carbocycles. The predicted molar refractivity (Wildman–Crippen MR) is 64.6 cm³/mol. The second-order valence-corrected chi connectivity index (χ2v) is 4.87. The Hall–Kier alpha value is -1.10. The Morgan fingerprint density at radius 1 is 1.12 bits per heavy atom. The van der Waals surface area contributed by atoms with E-state index < -0.39 is 5.60 Å². The molecule has 100 valence electrons. The van der Waals surface area contributed by atoms with Crippen LogP contribution in [-0.4, -0.2) is 49.2 Å². The van der Waals surface area contributed by atoms with Crippen LogP contribution in [0.15, 0.2) is 0 Å². The quantitative estimate of drug-likeness (QED) is 0.658. The topological polar surface area (TPSA) is 55.8 Å². The first-order valence-electron chi connectivity index (χ1n) is 5.79. The lowest BCUT2D eigenvalue weighted by Gasteiger charge is -2.23. The number of ether oxygens (including phenoxy) is 2. The summed E-state index contributed by atoms with van der Waals surface area (Å²) in [7, 11) is 1.33. The summed E-state index contributed by atoms with van der Waals surface area (Å²) in [6.07, 6.45) is 0.861. The van der Waals surface area contributed by atoms with Gasteiger partial charge in [0, 0.05) is 0 Å². The van der Waals surface area contributed by atoms with Gasteiger partial charge in [0.2, 0.25) is 0 Å². The molecular weight excluding hydrogens is 222 g/mol. The fourth-order valence-corrected chi connectivity index (χ4v) is 1.33. The van der Waals surface area contributed by atoms with Crippen molar-refractivity contribution in [3.05, 3.63) is 0 Å². The van der Waals surface area contributed by atoms with Crippen LogP contribution < -0.4 is 0 Å². The summed E-state index contributed by atoms with van der Waals surface area (Å²) >= 11 is 0. The molecule has 0 spiro atoms. The normalized spacial score (nSPS) is 11.4. The average molecular weight is 245 g/mol. The molecule has 0 bridgehead atoms. The fourth-order valence-electron chi connectivity index (χ4n) is 1.33. The van der Waals surface area contributed by atoms with Gasteiger partial charge in [0.15, 0.2) is 0 Å². The average Bonchev–Trinajstić information content (AvgIpc) is 2.14. The molecular formula is C12H23NO4. The van der Waals surface area contributed by atoms with Gasteiger partial charge in [0.05, 0.1) is 20.2 Å². The highest BCUT2D eigenvalue weighted by atomic mass is 16.6. The Kier molecular flexibility index (Phi) is 6.80. The van der Waals surface area contributed by atoms with Crippen molar-refractivity contribution in [2.45, 2.75) is 39.7 Å². The summed E-state index contributed by atoms with van der Waals surface area (Å²) in [5.41, 5.74) is -0.500. The van der Waals surface area contributed by atoms with Gasteiger partial charge in [-0.3, -0.25) is 14.5 Å². The maximum Gasteiger partial charge on any atom is 0.320 e. The zero-order valence-corrected chi connectivity index (χ0v) is 11.4. The molecule has 5 nitrogen and oxygen atoms in total. The second kappa shape index (κ2) is 7.27. The van der Waals surface area contributed by atoms with Crippen LogP contribution in [0.1, 0.15) is 34.1 Å². The Morgan fingerprint density at radius 2 is 1.65 bits per heavy atom. The number of nitrogens with zero attached hydrogens (tertiary/aromatic N) is 1. The van der Waals surface area contributed by atoms with Gasteiger partial charge in [-0.15, -0.1) is 0 Å². The molecule has 0 saturated heterocycles. The smallest absolute Gasteiger partial charge is 0.320 e. The van der Waals surface area contributed by atoms with E-state index in [9.17, 15) is 9.59 Å². The number of methoxy groups -OCH3 is 1. The summed E-state index contributed by atoms with van der Waals surface area (Å²) in [4.78, 5) is 24.5. The molecule has 0 aromatic rings. The molecule has 0 aromatic heterocycles. The minimum atomic E-state index is -0.500. The molecule has 17 heavy (non-hydrogen) atoms. The van der Waals surface area contributed by atoms with E-state index in [4.69, 9.17) is 4.74 Å². The molecule has 0 aliphatic rings. The first kappa shape index (κ1) is 15.9. The zero-order chi connectivity index (χ0) is 13.5. The maximum absolute atomic E-state index is 11.6. The molecule has 0 heterocycles. The molecule has 0 fully saturated rings. The van der Waals surface area contributed by atoms with Crippen molar-refractivity contribution >= 4 is 11.9 Å². The molecule has 0 aromatic carbocycles. The van der Waals surface area contributed by atoms with Gasteiger partial charge in [0.1, 0.15) is 5.60 Å². The Balaban J connectivity index is 4.24. The maximum atomic E-state index is 11.6. The summed E-state index contributed by atoms with van der Waals surface area (Å²) in [6.45, 7) is 8.32. The van der Waals surface area contributed by atoms with Gasteiger partial charge in [-0.1, -0.05) is 6.92 Å². The fraction of sp³-hybridized carbons (Fsp3) is 0.833. The number of hydrogen-bond donors (Lipinski definition) is 0. The lowest BCUT2D eigenvalue weighted by Crippen LogP contribution is -2.38. The van der Waals surface area contributed by atoms with Gasteiger partial charge >= 0.3 is 11.9 Å². The number of carbonyl (C=O) groups excluding carboxylic acids is 2. The summed E-state index contributed by atoms with van der Waals surface area (Å²) in [5, 5.41) is 0. The standard InChI is InChI=1S/C12H23NO4/c1-6-7-13(8-10(14)16-5)9-11(15)17-12(2,3)4/h6-9H2,1-5H3. The van der Waals surface area contributed by atoms with Crippen molar-refractivity contribution in [2.24, 2.45) is 0 Å². The summed E-state index contributed by atoms with van der Waals surface area (Å²) < 4.78 is 9.77. The van der Waals surface area contributed by atoms with E-state index in [2.05, 4.69) is 4.74 Å². The minimum absolute atomic E-state index is 0.111. The minimum Gasteiger partial charge on any atom is -0.468 e. The third kappa shape index (κ3) is 8.68. The number of carbonyl (C=O) groups is 2. The highest BCUT2D eigenvalue weighted by molar-refractivity contribution is 5.75. The predicted octanol–water partition coefficient (Wildman–Crippen LogP) is 1.21. The van der Waals surface area contributed by atoms with Gasteiger partial charge in [-0.25, -0.2) is 0 Å². The van der Waals surface area contributed by atoms with Crippen LogP contribution in [0.3, 0.4) is 0 Å². The number of esters is 2. The first-order chi connectivity index (χ1) is 7.78. The molecule has 0 aliphatic carbocycles. The summed E-state index contributed by atoms with van der Waals surface area (Å²) in [6, 6.07) is 0. The molecule has 0 atom stereocenters. The van der Waals surface area contributed by atoms with Crippen LogP contribution in [0.2, 0.25) is 0 Å². The van der Waals surface area contributed by atoms with Crippen molar-refractivity contribution in [1.29, 1.82) is 0 Å². The van der Waals surface area contributed by atoms with Crippen molar-refractivity contribution in [3.8, 4) is 0 Å². The number of rotatable bonds is 6. The Bertz CT molecular complexity index is 258. The van der Waals surface area contributed by atoms with Crippen molar-refractivity contribution in [3.63, 3.8) is 0 Å². The highest BCUT2D eigenvalue weighted by Gasteiger charge is 2.20. The molecule has 0 rings (SSSR count). The third-order valence-electron chi connectivity index (χ3n) is 1.89. The van der Waals surface area contributed by atoms with Gasteiger partial charge in [-0.2, -0.15) is 0 Å². The van der Waals surface area contributed by atoms with Crippen LogP contribution in [0.5, 0.6) is 0 Å². The largest absolute Gasteiger partial charge is 0.468 e. The van der Waals surface area contributed by atoms with Crippen LogP contribution in [0.25, 0.3) is 0 Å². The van der Waals surface area contributed by atoms with E-state index in [1.165, 1.54) is 7.11 Å². The molecule has 5 heteroatoms. The van der Waals surface area contributed by atoms with E-state index in [0.29, 0.717) is 6.54 Å². The van der Waals surface area contributed by atoms with Crippen LogP contribution in [-0.2, 0) is 19.1 Å². The van der Waals surface area contributed by atoms with E-state index >= 15 is 0 Å². The molecule has 0 N–H and O–H groups in total. The number of hydrogen-bond acceptors (Lipinski definition) is 5. The van der Waals surface area contributed by atoms with Crippen molar-refractivity contribution in [1.82, 2.24) is 4.90 Å². The van der Waals surface area contributed by atoms with Crippen LogP contribution in [0, 0.1) is 0 Å². The van der Waals surface area contributed by atoms with E-state index in [0.717, 1.165) is 6.42 Å². The SMILES string of the molecule is CCCN(CC(=O)OC)CC(=O)OC(C)(C)C. The highest BCUT2D eigenvalue weighted by Crippen LogP contribution is 2.07. The summed E-state index contributed by atoms with van der Waals surface area (Å²) in [5.74, 6) is -0.670. The second-order valence-electron chi connectivity index (χ2n) is 4.87. The lowest BCUT2D eigenvalue weighted by atomic mass is 10.2. The zero-order valence-electron chi connectivity index (χ0n) is 11.4. The molecule has 0 radical (unpaired) electrons. The van der Waals surface area contributed by atoms with Crippen molar-refractivity contribution in [2.75, 3.05) is 26.7 Å². The third-order valence-corrected chi connectivity index (χ3v) is 1.89. The van der Waals surface area contributed by atoms with Gasteiger partial charge in [0.25, 0.3) is 0 Å². The molecule has 0 aliphatic heterocycles.